The second kappa shape index (κ2) is 32.6. The first kappa shape index (κ1) is 81.6. The van der Waals surface area contributed by atoms with Crippen LogP contribution in [0.25, 0.3) is 133 Å². The number of anilines is 6. The Kier molecular flexibility index (Phi) is 20.9. The van der Waals surface area contributed by atoms with E-state index in [2.05, 4.69) is 187 Å². The molecule has 18 aromatic rings. The van der Waals surface area contributed by atoms with Crippen LogP contribution in [-0.4, -0.2) is 128 Å². The molecule has 4 aliphatic heterocycles. The fraction of sp³-hybridized carbons (Fsp3) is 0.292. The highest BCUT2D eigenvalue weighted by molar-refractivity contribution is 6.12. The summed E-state index contributed by atoms with van der Waals surface area (Å²) in [5.74, 6) is 2.08. The lowest BCUT2D eigenvalue weighted by Gasteiger charge is -2.13. The molecule has 31 nitrogen and oxygen atoms in total. The van der Waals surface area contributed by atoms with Gasteiger partial charge in [-0.05, 0) is 199 Å². The van der Waals surface area contributed by atoms with Gasteiger partial charge in [-0.25, -0.2) is 44.9 Å². The number of nitrogens with zero attached hydrogens (tertiary/aromatic N) is 19. The lowest BCUT2D eigenvalue weighted by atomic mass is 10.1. The fourth-order valence-electron chi connectivity index (χ4n) is 19.8. The molecule has 127 heavy (non-hydrogen) atoms. The minimum absolute atomic E-state index is 0.0432. The normalized spacial score (nSPS) is 13.3. The molecule has 14 aromatic heterocycles. The number of carbonyl (C=O) groups is 4. The van der Waals surface area contributed by atoms with E-state index in [0.29, 0.717) is 63.6 Å². The van der Waals surface area contributed by atoms with Crippen molar-refractivity contribution < 1.29 is 19.2 Å². The van der Waals surface area contributed by atoms with E-state index in [0.717, 1.165) is 210 Å². The largest absolute Gasteiger partial charge is 0.383 e. The van der Waals surface area contributed by atoms with Gasteiger partial charge < -0.3 is 80.7 Å². The lowest BCUT2D eigenvalue weighted by Crippen LogP contribution is -2.22. The third-order valence-electron chi connectivity index (χ3n) is 25.0. The zero-order valence-electron chi connectivity index (χ0n) is 73.0. The molecule has 22 rings (SSSR count). The molecular weight excluding hydrogens is 1600 g/mol. The van der Waals surface area contributed by atoms with E-state index >= 15 is 0 Å². The number of hydrogen-bond donors (Lipinski definition) is 8. The first-order chi connectivity index (χ1) is 61.5. The molecule has 0 saturated carbocycles. The molecule has 0 aliphatic carbocycles. The van der Waals surface area contributed by atoms with Crippen LogP contribution in [0.2, 0.25) is 0 Å². The lowest BCUT2D eigenvalue weighted by molar-refractivity contribution is 0.0950. The van der Waals surface area contributed by atoms with E-state index in [-0.39, 0.29) is 47.8 Å². The Bertz CT molecular complexity index is 7480. The zero-order valence-corrected chi connectivity index (χ0v) is 73.0. The second-order valence-electron chi connectivity index (χ2n) is 34.2. The van der Waals surface area contributed by atoms with E-state index in [1.54, 1.807) is 55.4 Å². The van der Waals surface area contributed by atoms with Gasteiger partial charge in [0, 0.05) is 194 Å². The van der Waals surface area contributed by atoms with Crippen molar-refractivity contribution in [3.05, 3.63) is 204 Å². The number of pyridine rings is 1. The maximum atomic E-state index is 12.9. The van der Waals surface area contributed by atoms with Crippen LogP contribution in [0, 0.1) is 0 Å². The summed E-state index contributed by atoms with van der Waals surface area (Å²) >= 11 is 0. The van der Waals surface area contributed by atoms with Gasteiger partial charge in [-0.1, -0.05) is 30.3 Å². The summed E-state index contributed by atoms with van der Waals surface area (Å²) in [5, 5.41) is 23.6. The molecule has 31 heteroatoms. The number of nitrogen functional groups attached to an aromatic ring is 4. The molecule has 0 saturated heterocycles. The molecule has 0 radical (unpaired) electrons. The van der Waals surface area contributed by atoms with Gasteiger partial charge in [-0.2, -0.15) is 5.10 Å². The monoisotopic (exact) mass is 1700 g/mol. The summed E-state index contributed by atoms with van der Waals surface area (Å²) in [7, 11) is 3.47. The molecule has 18 heterocycles. The number of nitrogens with two attached hydrogens (primary N) is 4. The molecule has 0 fully saturated rings. The molecule has 4 aromatic carbocycles. The Labute approximate surface area is 730 Å². The van der Waals surface area contributed by atoms with Crippen LogP contribution in [0.3, 0.4) is 0 Å². The van der Waals surface area contributed by atoms with Crippen molar-refractivity contribution >= 4 is 146 Å². The second-order valence-corrected chi connectivity index (χ2v) is 34.2. The van der Waals surface area contributed by atoms with Gasteiger partial charge >= 0.3 is 0 Å². The molecule has 4 aliphatic rings. The topological polar surface area (TPSA) is 394 Å². The van der Waals surface area contributed by atoms with Crippen LogP contribution in [0.4, 0.5) is 34.8 Å². The van der Waals surface area contributed by atoms with Crippen LogP contribution in [0.1, 0.15) is 176 Å². The number of aromatic nitrogens is 19. The third-order valence-corrected chi connectivity index (χ3v) is 25.0. The Morgan fingerprint density at radius 3 is 1.01 bits per heavy atom. The van der Waals surface area contributed by atoms with E-state index in [1.165, 1.54) is 29.1 Å². The SMILES string of the molecule is CC(C)n1c2c(c3c(N)ncnc31)-c1cc3ccc(C(=O)Nc4ccccn4)cc3n1CCC2.CC(C)n1c2c(c3c(N)ncnc31)-c1cc3ccc(C(=O)Nc4cnn(C)c4)cc3n1CCC2.CCNC(=O)c1ccc2cc3n(c2c1)CCCc1c-3c2c(N)ncnc2n1C(C)C.CNC(=O)c1ccc2cc3n(c2c1)CCCc1c-3c2c(N)ncnc2n1C(C)C. The highest BCUT2D eigenvalue weighted by atomic mass is 16.2. The van der Waals surface area contributed by atoms with Gasteiger partial charge in [0.25, 0.3) is 23.6 Å². The number of benzene rings is 4. The summed E-state index contributed by atoms with van der Waals surface area (Å²) in [4.78, 5) is 90.2. The van der Waals surface area contributed by atoms with Gasteiger partial charge in [0.1, 0.15) is 77.0 Å². The van der Waals surface area contributed by atoms with Crippen molar-refractivity contribution in [3.63, 3.8) is 0 Å². The maximum Gasteiger partial charge on any atom is 0.256 e. The average Bonchev–Trinajstić information content (AvgIpc) is 1.58. The van der Waals surface area contributed by atoms with Gasteiger partial charge in [0.05, 0.1) is 56.2 Å². The number of carbonyl (C=O) groups excluding carboxylic acids is 4. The smallest absolute Gasteiger partial charge is 0.256 e. The van der Waals surface area contributed by atoms with Crippen molar-refractivity contribution in [2.24, 2.45) is 7.05 Å². The molecule has 0 unspecified atom stereocenters. The molecule has 12 N–H and O–H groups in total. The predicted octanol–water partition coefficient (Wildman–Crippen LogP) is 16.4. The van der Waals surface area contributed by atoms with Crippen LogP contribution in [0.15, 0.2) is 159 Å². The number of aryl methyl sites for hydroxylation is 5. The number of nitrogens with one attached hydrogen (secondary N) is 4. The summed E-state index contributed by atoms with van der Waals surface area (Å²) < 4.78 is 20.1. The van der Waals surface area contributed by atoms with Crippen molar-refractivity contribution in [2.75, 3.05) is 47.2 Å². The summed E-state index contributed by atoms with van der Waals surface area (Å²) in [6.45, 7) is 23.4. The summed E-state index contributed by atoms with van der Waals surface area (Å²) in [6.07, 6.45) is 18.9. The van der Waals surface area contributed by atoms with Crippen molar-refractivity contribution in [3.8, 4) is 45.0 Å². The first-order valence-electron chi connectivity index (χ1n) is 43.6. The van der Waals surface area contributed by atoms with E-state index in [9.17, 15) is 19.2 Å². The highest BCUT2D eigenvalue weighted by Gasteiger charge is 2.35. The third kappa shape index (κ3) is 14.0. The minimum Gasteiger partial charge on any atom is -0.383 e. The zero-order chi connectivity index (χ0) is 88.2. The van der Waals surface area contributed by atoms with Crippen molar-refractivity contribution in [2.45, 2.75) is 164 Å². The molecule has 4 amide bonds. The van der Waals surface area contributed by atoms with Gasteiger partial charge in [-0.3, -0.25) is 23.9 Å². The Morgan fingerprint density at radius 1 is 0.394 bits per heavy atom. The number of fused-ring (bicyclic) bond motifs is 28. The number of amides is 4. The van der Waals surface area contributed by atoms with Crippen LogP contribution in [0.5, 0.6) is 0 Å². The predicted molar refractivity (Wildman–Crippen MR) is 501 cm³/mol. The Morgan fingerprint density at radius 2 is 0.717 bits per heavy atom. The molecular formula is C96H101N27O4. The Balaban J connectivity index is 0.000000111. The first-order valence-corrected chi connectivity index (χ1v) is 43.6. The Hall–Kier alpha value is -15.0. The quantitative estimate of drug-likeness (QED) is 0.0596. The maximum absolute atomic E-state index is 12.9. The average molecular weight is 1700 g/mol. The van der Waals surface area contributed by atoms with Gasteiger partial charge in [0.15, 0.2) is 0 Å². The van der Waals surface area contributed by atoms with Gasteiger partial charge in [0.2, 0.25) is 0 Å². The molecule has 644 valence electrons. The molecule has 0 spiro atoms. The number of hydrogen-bond acceptors (Lipinski definition) is 18. The standard InChI is InChI=1S/C26H25N7O.C25H26N8O.C23H26N6O.C22H24N6O/c1-15(2)33-18-6-5-11-32-19-13-17(26(34)31-21-7-3-4-10-28-21)9-8-16(19)12-20(32)22(18)23-24(27)29-14-30-25(23)33;1-14(2)33-18-5-4-8-32-19-10-16(25(34)30-17-11-29-31(3)12-17)7-6-15(19)9-20(32)21(18)22-23(26)27-13-28-24(22)33;1-4-25-23(30)15-8-7-14-10-18-19-16(6-5-9-28(18)17(14)11-15)29(13(2)3)22-20(19)21(24)26-12-27-22;1-12(2)28-15-5-4-8-27-16-10-14(22(29)24-3)7-6-13(16)9-17(27)18(15)19-20(23)25-11-26-21(19)28/h3-4,7-10,12-15H,5-6,11H2,1-2H3,(H2,27,29,30)(H,28,31,34);6-7,9-14H,4-5,8H2,1-3H3,(H,30,34)(H2,26,27,28);7-8,10-13H,4-6,9H2,1-3H3,(H,25,30)(H2,24,26,27);6-7,9-12H,4-5,8H2,1-3H3,(H,24,29)(H2,23,25,26). The van der Waals surface area contributed by atoms with Crippen molar-refractivity contribution in [1.29, 1.82) is 0 Å². The van der Waals surface area contributed by atoms with E-state index in [1.807, 2.05) is 98.9 Å². The van der Waals surface area contributed by atoms with Gasteiger partial charge in [-0.15, -0.1) is 0 Å². The van der Waals surface area contributed by atoms with Crippen LogP contribution < -0.4 is 44.2 Å². The summed E-state index contributed by atoms with van der Waals surface area (Å²) in [6, 6.07) is 38.7. The fourth-order valence-corrected chi connectivity index (χ4v) is 19.8. The van der Waals surface area contributed by atoms with E-state index in [4.69, 9.17) is 22.9 Å². The minimum atomic E-state index is -0.181. The van der Waals surface area contributed by atoms with Crippen LogP contribution >= 0.6 is 0 Å². The number of rotatable bonds is 11. The van der Waals surface area contributed by atoms with E-state index < -0.39 is 0 Å². The van der Waals surface area contributed by atoms with Crippen LogP contribution in [-0.2, 0) is 58.9 Å². The summed E-state index contributed by atoms with van der Waals surface area (Å²) in [5.41, 5.74) is 50.4. The van der Waals surface area contributed by atoms with Crippen molar-refractivity contribution in [1.82, 2.24) is 102 Å². The molecule has 0 bridgehead atoms. The molecule has 0 atom stereocenters. The highest BCUT2D eigenvalue weighted by Crippen LogP contribution is 2.49.